The van der Waals surface area contributed by atoms with E-state index in [1.807, 2.05) is 0 Å². The molecular formula is C10H19NO. The summed E-state index contributed by atoms with van der Waals surface area (Å²) in [7, 11) is 0. The fourth-order valence-corrected chi connectivity index (χ4v) is 2.49. The van der Waals surface area contributed by atoms with E-state index in [4.69, 9.17) is 4.74 Å². The van der Waals surface area contributed by atoms with Crippen LogP contribution in [0, 0.1) is 5.92 Å². The monoisotopic (exact) mass is 169 g/mol. The van der Waals surface area contributed by atoms with Crippen LogP contribution in [0.25, 0.3) is 0 Å². The maximum atomic E-state index is 5.65. The first kappa shape index (κ1) is 8.52. The number of ether oxygens (including phenoxy) is 1. The highest BCUT2D eigenvalue weighted by atomic mass is 16.5. The minimum absolute atomic E-state index is 0.573. The molecule has 0 aromatic carbocycles. The Morgan fingerprint density at radius 1 is 1.42 bits per heavy atom. The molecule has 0 aliphatic carbocycles. The van der Waals surface area contributed by atoms with Crippen LogP contribution in [-0.2, 0) is 4.74 Å². The van der Waals surface area contributed by atoms with E-state index in [0.29, 0.717) is 6.10 Å². The summed E-state index contributed by atoms with van der Waals surface area (Å²) in [4.78, 5) is 2.61. The average Bonchev–Trinajstić information content (AvgIpc) is 2.52. The van der Waals surface area contributed by atoms with Crippen molar-refractivity contribution < 1.29 is 4.74 Å². The normalized spacial score (nSPS) is 36.2. The highest BCUT2D eigenvalue weighted by Gasteiger charge is 2.38. The van der Waals surface area contributed by atoms with Gasteiger partial charge in [0.2, 0.25) is 0 Å². The van der Waals surface area contributed by atoms with Crippen molar-refractivity contribution >= 4 is 0 Å². The summed E-state index contributed by atoms with van der Waals surface area (Å²) in [5.74, 6) is 0.796. The Kier molecular flexibility index (Phi) is 2.37. The predicted molar refractivity (Wildman–Crippen MR) is 49.2 cm³/mol. The Hall–Kier alpha value is -0.0800. The van der Waals surface area contributed by atoms with Crippen molar-refractivity contribution in [3.63, 3.8) is 0 Å². The molecule has 1 unspecified atom stereocenters. The molecule has 0 saturated carbocycles. The minimum Gasteiger partial charge on any atom is -0.376 e. The molecule has 2 fully saturated rings. The van der Waals surface area contributed by atoms with Crippen LogP contribution in [0.1, 0.15) is 26.7 Å². The van der Waals surface area contributed by atoms with Crippen molar-refractivity contribution in [1.82, 2.24) is 4.90 Å². The Labute approximate surface area is 74.9 Å². The molecule has 2 rings (SSSR count). The number of likely N-dealkylation sites (tertiary alicyclic amines) is 1. The average molecular weight is 169 g/mol. The lowest BCUT2D eigenvalue weighted by atomic mass is 10.1. The van der Waals surface area contributed by atoms with Gasteiger partial charge in [0.05, 0.1) is 6.10 Å². The van der Waals surface area contributed by atoms with Crippen LogP contribution in [0.4, 0.5) is 0 Å². The minimum atomic E-state index is 0.573. The lowest BCUT2D eigenvalue weighted by molar-refractivity contribution is 0.104. The summed E-state index contributed by atoms with van der Waals surface area (Å²) in [5.41, 5.74) is 0. The Morgan fingerprint density at radius 3 is 3.00 bits per heavy atom. The zero-order valence-corrected chi connectivity index (χ0v) is 8.12. The van der Waals surface area contributed by atoms with Gasteiger partial charge in [-0.15, -0.1) is 0 Å². The molecule has 0 aromatic heterocycles. The molecule has 0 bridgehead atoms. The lowest BCUT2D eigenvalue weighted by Gasteiger charge is -2.24. The number of rotatable bonds is 2. The first-order valence-corrected chi connectivity index (χ1v) is 5.13. The molecule has 2 aliphatic heterocycles. The number of nitrogens with zero attached hydrogens (tertiary/aromatic N) is 1. The van der Waals surface area contributed by atoms with Gasteiger partial charge in [0.25, 0.3) is 0 Å². The molecule has 0 radical (unpaired) electrons. The van der Waals surface area contributed by atoms with Gasteiger partial charge in [0, 0.05) is 25.7 Å². The van der Waals surface area contributed by atoms with Gasteiger partial charge in [0.1, 0.15) is 0 Å². The number of hydrogen-bond donors (Lipinski definition) is 0. The Morgan fingerprint density at radius 2 is 2.25 bits per heavy atom. The highest BCUT2D eigenvalue weighted by molar-refractivity contribution is 4.91. The molecule has 12 heavy (non-hydrogen) atoms. The van der Waals surface area contributed by atoms with Crippen molar-refractivity contribution in [1.29, 1.82) is 0 Å². The summed E-state index contributed by atoms with van der Waals surface area (Å²) in [6.45, 7) is 8.09. The van der Waals surface area contributed by atoms with Crippen molar-refractivity contribution in [3.05, 3.63) is 0 Å². The smallest absolute Gasteiger partial charge is 0.0743 e. The summed E-state index contributed by atoms with van der Waals surface area (Å²) < 4.78 is 5.65. The standard InChI is InChI=1S/C10H19NO/c1-8(2)7-11-5-3-10-9(11)4-6-12-10/h8-10H,3-7H2,1-2H3/t9-,10?/m1/s1. The summed E-state index contributed by atoms with van der Waals surface area (Å²) in [6, 6.07) is 0.757. The van der Waals surface area contributed by atoms with Crippen molar-refractivity contribution in [2.24, 2.45) is 5.92 Å². The maximum absolute atomic E-state index is 5.65. The highest BCUT2D eigenvalue weighted by Crippen LogP contribution is 2.29. The lowest BCUT2D eigenvalue weighted by Crippen LogP contribution is -2.34. The van der Waals surface area contributed by atoms with E-state index in [0.717, 1.165) is 18.6 Å². The summed E-state index contributed by atoms with van der Waals surface area (Å²) in [6.07, 6.45) is 3.10. The second-order valence-corrected chi connectivity index (χ2v) is 4.44. The van der Waals surface area contributed by atoms with Crippen LogP contribution in [-0.4, -0.2) is 36.7 Å². The van der Waals surface area contributed by atoms with E-state index in [2.05, 4.69) is 18.7 Å². The third-order valence-electron chi connectivity index (χ3n) is 2.94. The molecule has 2 saturated heterocycles. The first-order chi connectivity index (χ1) is 5.77. The van der Waals surface area contributed by atoms with Gasteiger partial charge in [0.15, 0.2) is 0 Å². The molecule has 70 valence electrons. The van der Waals surface area contributed by atoms with E-state index in [-0.39, 0.29) is 0 Å². The fraction of sp³-hybridized carbons (Fsp3) is 1.00. The SMILES string of the molecule is CC(C)CN1CCC2OCC[C@H]21. The summed E-state index contributed by atoms with van der Waals surface area (Å²) >= 11 is 0. The zero-order chi connectivity index (χ0) is 8.55. The second-order valence-electron chi connectivity index (χ2n) is 4.44. The molecule has 2 heteroatoms. The molecule has 2 aliphatic rings. The molecule has 0 amide bonds. The van der Waals surface area contributed by atoms with Crippen LogP contribution in [0.15, 0.2) is 0 Å². The Balaban J connectivity index is 1.91. The van der Waals surface area contributed by atoms with Crippen LogP contribution < -0.4 is 0 Å². The molecule has 0 aromatic rings. The topological polar surface area (TPSA) is 12.5 Å². The third-order valence-corrected chi connectivity index (χ3v) is 2.94. The maximum Gasteiger partial charge on any atom is 0.0743 e. The third kappa shape index (κ3) is 1.50. The van der Waals surface area contributed by atoms with E-state index >= 15 is 0 Å². The van der Waals surface area contributed by atoms with E-state index in [1.165, 1.54) is 25.9 Å². The number of hydrogen-bond acceptors (Lipinski definition) is 2. The van der Waals surface area contributed by atoms with Crippen molar-refractivity contribution in [2.75, 3.05) is 19.7 Å². The first-order valence-electron chi connectivity index (χ1n) is 5.13. The van der Waals surface area contributed by atoms with Gasteiger partial charge in [-0.3, -0.25) is 4.90 Å². The van der Waals surface area contributed by atoms with Crippen LogP contribution in [0.2, 0.25) is 0 Å². The van der Waals surface area contributed by atoms with Crippen molar-refractivity contribution in [2.45, 2.75) is 38.8 Å². The second kappa shape index (κ2) is 3.35. The van der Waals surface area contributed by atoms with E-state index in [1.54, 1.807) is 0 Å². The van der Waals surface area contributed by atoms with Gasteiger partial charge >= 0.3 is 0 Å². The molecule has 0 N–H and O–H groups in total. The van der Waals surface area contributed by atoms with Crippen LogP contribution >= 0.6 is 0 Å². The fourth-order valence-electron chi connectivity index (χ4n) is 2.49. The van der Waals surface area contributed by atoms with Crippen molar-refractivity contribution in [3.8, 4) is 0 Å². The predicted octanol–water partition coefficient (Wildman–Crippen LogP) is 1.51. The molecule has 2 heterocycles. The molecular weight excluding hydrogens is 150 g/mol. The quantitative estimate of drug-likeness (QED) is 0.621. The molecule has 2 nitrogen and oxygen atoms in total. The Bertz CT molecular complexity index is 158. The van der Waals surface area contributed by atoms with E-state index < -0.39 is 0 Å². The summed E-state index contributed by atoms with van der Waals surface area (Å²) in [5, 5.41) is 0. The molecule has 0 spiro atoms. The van der Waals surface area contributed by atoms with E-state index in [9.17, 15) is 0 Å². The van der Waals surface area contributed by atoms with Gasteiger partial charge in [-0.25, -0.2) is 0 Å². The number of fused-ring (bicyclic) bond motifs is 1. The van der Waals surface area contributed by atoms with Crippen LogP contribution in [0.3, 0.4) is 0 Å². The van der Waals surface area contributed by atoms with Crippen LogP contribution in [0.5, 0.6) is 0 Å². The largest absolute Gasteiger partial charge is 0.376 e. The van der Waals surface area contributed by atoms with Gasteiger partial charge < -0.3 is 4.74 Å². The van der Waals surface area contributed by atoms with Gasteiger partial charge in [-0.2, -0.15) is 0 Å². The molecule has 2 atom stereocenters. The zero-order valence-electron chi connectivity index (χ0n) is 8.12. The van der Waals surface area contributed by atoms with Gasteiger partial charge in [-0.1, -0.05) is 13.8 Å². The van der Waals surface area contributed by atoms with Gasteiger partial charge in [-0.05, 0) is 18.8 Å².